The molecule has 0 saturated heterocycles. The lowest BCUT2D eigenvalue weighted by atomic mass is 10.1. The average Bonchev–Trinajstić information content (AvgIpc) is 2.72. The summed E-state index contributed by atoms with van der Waals surface area (Å²) in [6.07, 6.45) is 22.4. The Labute approximate surface area is 189 Å². The summed E-state index contributed by atoms with van der Waals surface area (Å²) in [5.74, 6) is -0.170. The lowest BCUT2D eigenvalue weighted by Crippen LogP contribution is -2.34. The van der Waals surface area contributed by atoms with Gasteiger partial charge in [-0.1, -0.05) is 83.3 Å². The van der Waals surface area contributed by atoms with Crippen LogP contribution in [0.25, 0.3) is 0 Å². The van der Waals surface area contributed by atoms with Crippen LogP contribution in [0.15, 0.2) is 12.2 Å². The number of rotatable bonds is 22. The molecule has 0 aromatic rings. The van der Waals surface area contributed by atoms with Crippen molar-refractivity contribution in [2.75, 3.05) is 13.2 Å². The van der Waals surface area contributed by atoms with Crippen LogP contribution in [0.4, 0.5) is 0 Å². The highest BCUT2D eigenvalue weighted by Gasteiger charge is 2.17. The van der Waals surface area contributed by atoms with Crippen molar-refractivity contribution >= 4 is 13.7 Å². The summed E-state index contributed by atoms with van der Waals surface area (Å²) < 4.78 is 14.7. The van der Waals surface area contributed by atoms with E-state index in [9.17, 15) is 14.5 Å². The van der Waals surface area contributed by atoms with Crippen molar-refractivity contribution in [1.29, 1.82) is 0 Å². The Morgan fingerprint density at radius 3 is 1.87 bits per heavy atom. The van der Waals surface area contributed by atoms with Crippen LogP contribution in [-0.4, -0.2) is 40.1 Å². The highest BCUT2D eigenvalue weighted by molar-refractivity contribution is 7.46. The van der Waals surface area contributed by atoms with E-state index in [4.69, 9.17) is 9.79 Å². The Bertz CT molecular complexity index is 494. The summed E-state index contributed by atoms with van der Waals surface area (Å²) in [6.45, 7) is 1.66. The first-order valence-corrected chi connectivity index (χ1v) is 13.7. The van der Waals surface area contributed by atoms with Crippen molar-refractivity contribution in [2.24, 2.45) is 0 Å². The molecule has 8 heteroatoms. The molecule has 184 valence electrons. The van der Waals surface area contributed by atoms with Gasteiger partial charge in [0.05, 0.1) is 12.7 Å². The van der Waals surface area contributed by atoms with E-state index in [-0.39, 0.29) is 12.5 Å². The maximum absolute atomic E-state index is 11.7. The minimum Gasteiger partial charge on any atom is -0.389 e. The number of unbranched alkanes of at least 4 members (excludes halogenated alkanes) is 13. The number of hydrogen-bond donors (Lipinski definition) is 4. The number of carbonyl (C=O) groups excluding carboxylic acids is 1. The first kappa shape index (κ1) is 30.3. The summed E-state index contributed by atoms with van der Waals surface area (Å²) in [7, 11) is -4.59. The van der Waals surface area contributed by atoms with E-state index in [1.807, 2.05) is 0 Å². The molecule has 0 aliphatic rings. The second-order valence-electron chi connectivity index (χ2n) is 8.29. The van der Waals surface area contributed by atoms with Crippen LogP contribution in [0, 0.1) is 0 Å². The largest absolute Gasteiger partial charge is 0.469 e. The molecule has 0 spiro atoms. The average molecular weight is 464 g/mol. The molecule has 0 aliphatic heterocycles. The zero-order valence-electron chi connectivity index (χ0n) is 19.5. The van der Waals surface area contributed by atoms with Crippen molar-refractivity contribution in [1.82, 2.24) is 5.32 Å². The summed E-state index contributed by atoms with van der Waals surface area (Å²) >= 11 is 0. The summed E-state index contributed by atoms with van der Waals surface area (Å²) in [5, 5.41) is 12.0. The van der Waals surface area contributed by atoms with Gasteiger partial charge < -0.3 is 20.2 Å². The van der Waals surface area contributed by atoms with Gasteiger partial charge in [-0.05, 0) is 32.1 Å². The van der Waals surface area contributed by atoms with Crippen molar-refractivity contribution in [2.45, 2.75) is 116 Å². The molecule has 4 N–H and O–H groups in total. The molecule has 7 nitrogen and oxygen atoms in total. The van der Waals surface area contributed by atoms with Gasteiger partial charge in [0, 0.05) is 13.0 Å². The maximum atomic E-state index is 11.7. The molecule has 0 bridgehead atoms. The maximum Gasteiger partial charge on any atom is 0.469 e. The Hall–Kier alpha value is -0.720. The number of aliphatic hydroxyl groups is 1. The fraction of sp³-hybridized carbons (Fsp3) is 0.870. The molecule has 1 amide bonds. The molecule has 0 aromatic carbocycles. The zero-order chi connectivity index (χ0) is 23.2. The number of aliphatic hydroxyl groups excluding tert-OH is 1. The van der Waals surface area contributed by atoms with E-state index < -0.39 is 20.5 Å². The number of nitrogens with one attached hydrogen (secondary N) is 1. The standard InChI is InChI=1S/C23H46NO6P/c1-2-3-4-5-6-7-8-9-10-11-12-13-14-15-16-17-18-19-23(26)24-20-22(25)21-30-31(27,28)29/h12-13,22,25H,2-11,14-21H2,1H3,(H,24,26)(H2,27,28,29). The van der Waals surface area contributed by atoms with Gasteiger partial charge >= 0.3 is 7.82 Å². The molecule has 0 aromatic heterocycles. The van der Waals surface area contributed by atoms with Gasteiger partial charge in [0.2, 0.25) is 5.91 Å². The highest BCUT2D eigenvalue weighted by atomic mass is 31.2. The second kappa shape index (κ2) is 21.1. The topological polar surface area (TPSA) is 116 Å². The number of phosphoric ester groups is 1. The van der Waals surface area contributed by atoms with Crippen LogP contribution in [0.2, 0.25) is 0 Å². The third kappa shape index (κ3) is 25.4. The molecule has 1 unspecified atom stereocenters. The fourth-order valence-corrected chi connectivity index (χ4v) is 3.64. The minimum atomic E-state index is -4.59. The number of allylic oxidation sites excluding steroid dienone is 2. The molecule has 1 atom stereocenters. The van der Waals surface area contributed by atoms with Gasteiger partial charge in [-0.3, -0.25) is 9.32 Å². The van der Waals surface area contributed by atoms with Gasteiger partial charge in [-0.15, -0.1) is 0 Å². The van der Waals surface area contributed by atoms with Gasteiger partial charge in [0.1, 0.15) is 0 Å². The predicted molar refractivity (Wildman–Crippen MR) is 126 cm³/mol. The Balaban J connectivity index is 3.36. The summed E-state index contributed by atoms with van der Waals surface area (Å²) in [6, 6.07) is 0. The number of phosphoric acid groups is 1. The minimum absolute atomic E-state index is 0.0808. The molecule has 0 radical (unpaired) electrons. The SMILES string of the molecule is CCCCCCCCCCCC=CCCCCCCC(=O)NCC(O)COP(=O)(O)O. The normalized spacial score (nSPS) is 13.0. The van der Waals surface area contributed by atoms with Crippen LogP contribution >= 0.6 is 7.82 Å². The van der Waals surface area contributed by atoms with Gasteiger partial charge in [0.25, 0.3) is 0 Å². The number of hydrogen-bond acceptors (Lipinski definition) is 4. The third-order valence-electron chi connectivity index (χ3n) is 5.14. The van der Waals surface area contributed by atoms with Crippen LogP contribution in [0.1, 0.15) is 110 Å². The molecule has 0 saturated carbocycles. The van der Waals surface area contributed by atoms with E-state index >= 15 is 0 Å². The van der Waals surface area contributed by atoms with E-state index in [0.29, 0.717) is 6.42 Å². The lowest BCUT2D eigenvalue weighted by molar-refractivity contribution is -0.121. The van der Waals surface area contributed by atoms with Crippen molar-refractivity contribution < 1.29 is 28.8 Å². The van der Waals surface area contributed by atoms with E-state index in [1.54, 1.807) is 0 Å². The lowest BCUT2D eigenvalue weighted by Gasteiger charge is -2.12. The number of amides is 1. The first-order chi connectivity index (χ1) is 14.8. The molecule has 0 rings (SSSR count). The highest BCUT2D eigenvalue weighted by Crippen LogP contribution is 2.35. The van der Waals surface area contributed by atoms with Crippen molar-refractivity contribution in [3.05, 3.63) is 12.2 Å². The Morgan fingerprint density at radius 2 is 1.35 bits per heavy atom. The molecule has 31 heavy (non-hydrogen) atoms. The summed E-state index contributed by atoms with van der Waals surface area (Å²) in [4.78, 5) is 28.8. The zero-order valence-corrected chi connectivity index (χ0v) is 20.4. The molecular weight excluding hydrogens is 417 g/mol. The quantitative estimate of drug-likeness (QED) is 0.0972. The third-order valence-corrected chi connectivity index (χ3v) is 5.62. The van der Waals surface area contributed by atoms with Crippen molar-refractivity contribution in [3.8, 4) is 0 Å². The second-order valence-corrected chi connectivity index (χ2v) is 9.52. The molecular formula is C23H46NO6P. The van der Waals surface area contributed by atoms with Gasteiger partial charge in [-0.2, -0.15) is 0 Å². The van der Waals surface area contributed by atoms with Crippen LogP contribution in [-0.2, 0) is 13.9 Å². The predicted octanol–water partition coefficient (Wildman–Crippen LogP) is 5.39. The Kier molecular flexibility index (Phi) is 20.7. The monoisotopic (exact) mass is 463 g/mol. The van der Waals surface area contributed by atoms with E-state index in [1.165, 1.54) is 64.2 Å². The first-order valence-electron chi connectivity index (χ1n) is 12.1. The fourth-order valence-electron chi connectivity index (χ4n) is 3.27. The van der Waals surface area contributed by atoms with Crippen LogP contribution < -0.4 is 5.32 Å². The number of carbonyl (C=O) groups is 1. The smallest absolute Gasteiger partial charge is 0.389 e. The molecule has 0 aliphatic carbocycles. The molecule has 0 heterocycles. The van der Waals surface area contributed by atoms with E-state index in [2.05, 4.69) is 28.9 Å². The molecule has 0 fully saturated rings. The van der Waals surface area contributed by atoms with Gasteiger partial charge in [-0.25, -0.2) is 4.57 Å². The Morgan fingerprint density at radius 1 is 0.871 bits per heavy atom. The summed E-state index contributed by atoms with van der Waals surface area (Å²) in [5.41, 5.74) is 0. The van der Waals surface area contributed by atoms with Crippen molar-refractivity contribution in [3.63, 3.8) is 0 Å². The van der Waals surface area contributed by atoms with Crippen LogP contribution in [0.5, 0.6) is 0 Å². The van der Waals surface area contributed by atoms with Crippen LogP contribution in [0.3, 0.4) is 0 Å². The van der Waals surface area contributed by atoms with E-state index in [0.717, 1.165) is 32.1 Å². The van der Waals surface area contributed by atoms with Gasteiger partial charge in [0.15, 0.2) is 0 Å².